The molecule has 0 saturated carbocycles. The average Bonchev–Trinajstić information content (AvgIpc) is 3.07. The lowest BCUT2D eigenvalue weighted by Gasteiger charge is -2.11. The zero-order chi connectivity index (χ0) is 25.5. The van der Waals surface area contributed by atoms with Crippen LogP contribution in [0, 0.1) is 13.8 Å². The molecule has 4 rings (SSSR count). The first-order valence-corrected chi connectivity index (χ1v) is 10.6. The molecule has 1 amide bonds. The third-order valence-corrected chi connectivity index (χ3v) is 5.53. The van der Waals surface area contributed by atoms with Crippen LogP contribution >= 0.6 is 0 Å². The van der Waals surface area contributed by atoms with Gasteiger partial charge in [-0.1, -0.05) is 18.2 Å². The number of halogens is 3. The van der Waals surface area contributed by atoms with Gasteiger partial charge in [-0.2, -0.15) is 18.3 Å². The first-order chi connectivity index (χ1) is 16.5. The van der Waals surface area contributed by atoms with Crippen LogP contribution in [0.2, 0.25) is 0 Å². The molecule has 0 atom stereocenters. The molecule has 0 aliphatic rings. The number of aromatic hydroxyl groups is 2. The summed E-state index contributed by atoms with van der Waals surface area (Å²) in [4.78, 5) is 12.4. The van der Waals surface area contributed by atoms with Crippen LogP contribution < -0.4 is 5.43 Å². The van der Waals surface area contributed by atoms with Crippen molar-refractivity contribution in [2.45, 2.75) is 26.9 Å². The van der Waals surface area contributed by atoms with Gasteiger partial charge in [-0.15, -0.1) is 0 Å². The van der Waals surface area contributed by atoms with Gasteiger partial charge in [0.1, 0.15) is 5.75 Å². The number of aromatic nitrogens is 1. The Morgan fingerprint density at radius 2 is 1.66 bits per heavy atom. The van der Waals surface area contributed by atoms with E-state index in [1.165, 1.54) is 41.8 Å². The SMILES string of the molecule is C/C(=N\NC(=O)c1cccc(O)c1)c1c(O)n(-c2cc(C)cc(C)c2)c2cc(C(F)(F)F)ccc12. The summed E-state index contributed by atoms with van der Waals surface area (Å²) in [6.45, 7) is 5.23. The van der Waals surface area contributed by atoms with Crippen LogP contribution in [-0.2, 0) is 6.18 Å². The summed E-state index contributed by atoms with van der Waals surface area (Å²) < 4.78 is 41.8. The van der Waals surface area contributed by atoms with Crippen molar-refractivity contribution >= 4 is 22.5 Å². The quantitative estimate of drug-likeness (QED) is 0.253. The minimum absolute atomic E-state index is 0.0898. The van der Waals surface area contributed by atoms with Crippen molar-refractivity contribution in [3.63, 3.8) is 0 Å². The van der Waals surface area contributed by atoms with Crippen LogP contribution in [0.15, 0.2) is 65.8 Å². The van der Waals surface area contributed by atoms with Crippen LogP contribution in [0.5, 0.6) is 11.6 Å². The Morgan fingerprint density at radius 3 is 2.29 bits per heavy atom. The maximum absolute atomic E-state index is 13.5. The van der Waals surface area contributed by atoms with Gasteiger partial charge in [0, 0.05) is 16.6 Å². The van der Waals surface area contributed by atoms with Crippen molar-refractivity contribution < 1.29 is 28.2 Å². The highest BCUT2D eigenvalue weighted by Gasteiger charge is 2.32. The third-order valence-electron chi connectivity index (χ3n) is 5.53. The van der Waals surface area contributed by atoms with E-state index in [0.717, 1.165) is 23.3 Å². The summed E-state index contributed by atoms with van der Waals surface area (Å²) in [7, 11) is 0. The molecule has 3 N–H and O–H groups in total. The van der Waals surface area contributed by atoms with Gasteiger partial charge in [0.05, 0.1) is 22.4 Å². The summed E-state index contributed by atoms with van der Waals surface area (Å²) in [5, 5.41) is 25.2. The van der Waals surface area contributed by atoms with E-state index in [0.29, 0.717) is 11.1 Å². The first kappa shape index (κ1) is 23.9. The Hall–Kier alpha value is -4.27. The second kappa shape index (κ2) is 8.83. The number of hydrazone groups is 1. The molecule has 9 heteroatoms. The van der Waals surface area contributed by atoms with Gasteiger partial charge < -0.3 is 10.2 Å². The number of rotatable bonds is 4. The number of alkyl halides is 3. The zero-order valence-corrected chi connectivity index (χ0v) is 19.1. The molecule has 0 aliphatic heterocycles. The highest BCUT2D eigenvalue weighted by atomic mass is 19.4. The minimum Gasteiger partial charge on any atom is -0.508 e. The number of phenolic OH excluding ortho intramolecular Hbond substituents is 1. The van der Waals surface area contributed by atoms with E-state index in [2.05, 4.69) is 10.5 Å². The van der Waals surface area contributed by atoms with Gasteiger partial charge >= 0.3 is 6.18 Å². The van der Waals surface area contributed by atoms with Gasteiger partial charge in [0.25, 0.3) is 5.91 Å². The number of amides is 1. The summed E-state index contributed by atoms with van der Waals surface area (Å²) >= 11 is 0. The Balaban J connectivity index is 1.87. The summed E-state index contributed by atoms with van der Waals surface area (Å²) in [6, 6.07) is 14.3. The second-order valence-corrected chi connectivity index (χ2v) is 8.30. The summed E-state index contributed by atoms with van der Waals surface area (Å²) in [6.07, 6.45) is -4.57. The lowest BCUT2D eigenvalue weighted by molar-refractivity contribution is -0.137. The number of phenols is 1. The van der Waals surface area contributed by atoms with Gasteiger partial charge in [0.2, 0.25) is 5.88 Å². The molecule has 3 aromatic carbocycles. The Labute approximate surface area is 198 Å². The van der Waals surface area contributed by atoms with Crippen LogP contribution in [0.1, 0.15) is 39.5 Å². The van der Waals surface area contributed by atoms with Crippen LogP contribution in [0.4, 0.5) is 13.2 Å². The van der Waals surface area contributed by atoms with Crippen molar-refractivity contribution in [3.05, 3.63) is 88.5 Å². The van der Waals surface area contributed by atoms with E-state index in [4.69, 9.17) is 0 Å². The maximum atomic E-state index is 13.5. The average molecular weight is 481 g/mol. The Morgan fingerprint density at radius 1 is 0.971 bits per heavy atom. The molecule has 0 saturated heterocycles. The largest absolute Gasteiger partial charge is 0.508 e. The third kappa shape index (κ3) is 4.70. The van der Waals surface area contributed by atoms with Crippen molar-refractivity contribution in [2.75, 3.05) is 0 Å². The first-order valence-electron chi connectivity index (χ1n) is 10.6. The van der Waals surface area contributed by atoms with Crippen molar-refractivity contribution in [3.8, 4) is 17.3 Å². The molecule has 180 valence electrons. The highest BCUT2D eigenvalue weighted by Crippen LogP contribution is 2.39. The Bertz CT molecular complexity index is 1470. The number of aryl methyl sites for hydroxylation is 2. The number of benzene rings is 3. The van der Waals surface area contributed by atoms with Gasteiger partial charge in [-0.3, -0.25) is 9.36 Å². The van der Waals surface area contributed by atoms with Gasteiger partial charge in [0.15, 0.2) is 0 Å². The van der Waals surface area contributed by atoms with Crippen LogP contribution in [-0.4, -0.2) is 26.4 Å². The fourth-order valence-electron chi connectivity index (χ4n) is 4.05. The van der Waals surface area contributed by atoms with Crippen LogP contribution in [0.25, 0.3) is 16.6 Å². The number of hydrogen-bond acceptors (Lipinski definition) is 4. The van der Waals surface area contributed by atoms with Crippen LogP contribution in [0.3, 0.4) is 0 Å². The van der Waals surface area contributed by atoms with Gasteiger partial charge in [-0.05, 0) is 74.4 Å². The molecule has 0 radical (unpaired) electrons. The molecule has 0 spiro atoms. The molecular weight excluding hydrogens is 459 g/mol. The number of nitrogens with one attached hydrogen (secondary N) is 1. The molecule has 0 fully saturated rings. The molecule has 0 aliphatic carbocycles. The van der Waals surface area contributed by atoms with Crippen molar-refractivity contribution in [2.24, 2.45) is 5.10 Å². The van der Waals surface area contributed by atoms with Crippen molar-refractivity contribution in [1.82, 2.24) is 9.99 Å². The van der Waals surface area contributed by atoms with E-state index in [-0.39, 0.29) is 34.0 Å². The molecule has 35 heavy (non-hydrogen) atoms. The number of nitrogens with zero attached hydrogens (tertiary/aromatic N) is 2. The number of hydrogen-bond donors (Lipinski definition) is 3. The Kier molecular flexibility index (Phi) is 6.02. The molecule has 0 bridgehead atoms. The standard InChI is InChI=1S/C26H22F3N3O3/c1-14-9-15(2)11-19(10-14)32-22-13-18(26(27,28)29)7-8-21(22)23(25(32)35)16(3)30-31-24(34)17-5-4-6-20(33)12-17/h4-13,33,35H,1-3H3,(H,31,34)/b30-16+. The predicted octanol–water partition coefficient (Wildman–Crippen LogP) is 5.83. The minimum atomic E-state index is -4.57. The molecule has 6 nitrogen and oxygen atoms in total. The number of carbonyl (C=O) groups is 1. The maximum Gasteiger partial charge on any atom is 0.416 e. The molecule has 0 unspecified atom stereocenters. The highest BCUT2D eigenvalue weighted by molar-refractivity contribution is 6.13. The fourth-order valence-corrected chi connectivity index (χ4v) is 4.05. The molecule has 1 aromatic heterocycles. The molecular formula is C26H22F3N3O3. The van der Waals surface area contributed by atoms with E-state index in [9.17, 15) is 28.2 Å². The summed E-state index contributed by atoms with van der Waals surface area (Å²) in [5.74, 6) is -0.998. The second-order valence-electron chi connectivity index (χ2n) is 8.30. The van der Waals surface area contributed by atoms with E-state index in [1.54, 1.807) is 12.1 Å². The van der Waals surface area contributed by atoms with E-state index in [1.807, 2.05) is 19.9 Å². The molecule has 1 heterocycles. The lowest BCUT2D eigenvalue weighted by atomic mass is 10.1. The smallest absolute Gasteiger partial charge is 0.416 e. The predicted molar refractivity (Wildman–Crippen MR) is 127 cm³/mol. The zero-order valence-electron chi connectivity index (χ0n) is 19.1. The number of fused-ring (bicyclic) bond motifs is 1. The summed E-state index contributed by atoms with van der Waals surface area (Å²) in [5.41, 5.74) is 4.42. The fraction of sp³-hybridized carbons (Fsp3) is 0.154. The monoisotopic (exact) mass is 481 g/mol. The lowest BCUT2D eigenvalue weighted by Crippen LogP contribution is -2.19. The van der Waals surface area contributed by atoms with E-state index >= 15 is 0 Å². The topological polar surface area (TPSA) is 86.8 Å². The number of carbonyl (C=O) groups excluding carboxylic acids is 1. The normalized spacial score (nSPS) is 12.2. The molecule has 4 aromatic rings. The van der Waals surface area contributed by atoms with Gasteiger partial charge in [-0.25, -0.2) is 5.43 Å². The van der Waals surface area contributed by atoms with Crippen molar-refractivity contribution in [1.29, 1.82) is 0 Å². The van der Waals surface area contributed by atoms with E-state index < -0.39 is 17.6 Å².